The van der Waals surface area contributed by atoms with Crippen LogP contribution in [0.3, 0.4) is 0 Å². The largest absolute Gasteiger partial charge is 0.355 e. The summed E-state index contributed by atoms with van der Waals surface area (Å²) < 4.78 is 6.74. The van der Waals surface area contributed by atoms with Crippen LogP contribution in [-0.2, 0) is 10.5 Å². The van der Waals surface area contributed by atoms with Crippen molar-refractivity contribution in [2.75, 3.05) is 13.2 Å². The van der Waals surface area contributed by atoms with E-state index in [2.05, 4.69) is 40.3 Å². The van der Waals surface area contributed by atoms with Crippen LogP contribution in [0.1, 0.15) is 12.5 Å². The Hall–Kier alpha value is -0.380. The monoisotopic (exact) mass is 241 g/mol. The summed E-state index contributed by atoms with van der Waals surface area (Å²) in [5.41, 5.74) is 0.883. The van der Waals surface area contributed by atoms with Crippen LogP contribution in [0.15, 0.2) is 28.7 Å². The molecule has 0 bridgehead atoms. The highest BCUT2D eigenvalue weighted by molar-refractivity contribution is 9.10. The zero-order valence-electron chi connectivity index (χ0n) is 7.51. The molecule has 1 unspecified atom stereocenters. The van der Waals surface area contributed by atoms with Crippen molar-refractivity contribution in [3.05, 3.63) is 34.3 Å². The lowest BCUT2D eigenvalue weighted by Crippen LogP contribution is -2.34. The highest BCUT2D eigenvalue weighted by atomic mass is 79.9. The second-order valence-electron chi connectivity index (χ2n) is 3.32. The minimum Gasteiger partial charge on any atom is -0.355 e. The molecule has 1 aromatic rings. The summed E-state index contributed by atoms with van der Waals surface area (Å²) >= 11 is 3.41. The Morgan fingerprint density at radius 1 is 1.38 bits per heavy atom. The van der Waals surface area contributed by atoms with E-state index in [1.54, 1.807) is 0 Å². The van der Waals surface area contributed by atoms with Gasteiger partial charge in [0, 0.05) is 11.0 Å². The molecule has 1 heterocycles. The smallest absolute Gasteiger partial charge is 0.142 e. The average Bonchev–Trinajstić information content (AvgIpc) is 2.54. The van der Waals surface area contributed by atoms with E-state index in [0.717, 1.165) is 17.6 Å². The molecule has 2 rings (SSSR count). The second kappa shape index (κ2) is 3.40. The Morgan fingerprint density at radius 3 is 2.62 bits per heavy atom. The molecule has 1 aliphatic heterocycles. The molecule has 0 amide bonds. The number of ether oxygens (including phenoxy) is 1. The highest BCUT2D eigenvalue weighted by Gasteiger charge is 2.30. The Bertz CT molecular complexity index is 290. The van der Waals surface area contributed by atoms with Crippen molar-refractivity contribution < 1.29 is 4.74 Å². The molecule has 70 valence electrons. The molecule has 1 atom stereocenters. The highest BCUT2D eigenvalue weighted by Crippen LogP contribution is 2.26. The van der Waals surface area contributed by atoms with Crippen molar-refractivity contribution in [1.82, 2.24) is 5.32 Å². The zero-order valence-corrected chi connectivity index (χ0v) is 9.10. The third kappa shape index (κ3) is 1.77. The van der Waals surface area contributed by atoms with Crippen LogP contribution in [-0.4, -0.2) is 13.2 Å². The average molecular weight is 242 g/mol. The SMILES string of the molecule is CC1(c2ccc(Br)cc2)NCCO1. The third-order valence-corrected chi connectivity index (χ3v) is 2.88. The number of rotatable bonds is 1. The van der Waals surface area contributed by atoms with Crippen LogP contribution in [0.4, 0.5) is 0 Å². The maximum atomic E-state index is 5.64. The van der Waals surface area contributed by atoms with Crippen LogP contribution in [0.5, 0.6) is 0 Å². The lowest BCUT2D eigenvalue weighted by molar-refractivity contribution is 0.00246. The maximum absolute atomic E-state index is 5.64. The molecule has 2 nitrogen and oxygen atoms in total. The first-order chi connectivity index (χ1) is 6.21. The van der Waals surface area contributed by atoms with E-state index in [0.29, 0.717) is 0 Å². The first-order valence-corrected chi connectivity index (χ1v) is 5.15. The van der Waals surface area contributed by atoms with Crippen LogP contribution in [0.25, 0.3) is 0 Å². The molecule has 1 N–H and O–H groups in total. The van der Waals surface area contributed by atoms with Crippen molar-refractivity contribution in [3.63, 3.8) is 0 Å². The first-order valence-electron chi connectivity index (χ1n) is 4.36. The van der Waals surface area contributed by atoms with Gasteiger partial charge in [0.2, 0.25) is 0 Å². The van der Waals surface area contributed by atoms with E-state index in [9.17, 15) is 0 Å². The number of benzene rings is 1. The molecule has 0 radical (unpaired) electrons. The molecular weight excluding hydrogens is 230 g/mol. The van der Waals surface area contributed by atoms with E-state index >= 15 is 0 Å². The van der Waals surface area contributed by atoms with Gasteiger partial charge in [0.15, 0.2) is 0 Å². The first kappa shape index (κ1) is 9.19. The lowest BCUT2D eigenvalue weighted by Gasteiger charge is -2.23. The number of hydrogen-bond donors (Lipinski definition) is 1. The number of halogens is 1. The fourth-order valence-corrected chi connectivity index (χ4v) is 1.81. The van der Waals surface area contributed by atoms with Gasteiger partial charge in [-0.05, 0) is 24.6 Å². The van der Waals surface area contributed by atoms with Gasteiger partial charge in [0.05, 0.1) is 6.61 Å². The van der Waals surface area contributed by atoms with E-state index in [-0.39, 0.29) is 5.72 Å². The summed E-state index contributed by atoms with van der Waals surface area (Å²) in [6, 6.07) is 8.21. The van der Waals surface area contributed by atoms with Crippen LogP contribution >= 0.6 is 15.9 Å². The van der Waals surface area contributed by atoms with E-state index in [1.165, 1.54) is 5.56 Å². The Labute approximate surface area is 86.4 Å². The molecule has 0 saturated carbocycles. The summed E-state index contributed by atoms with van der Waals surface area (Å²) in [5, 5.41) is 3.33. The van der Waals surface area contributed by atoms with E-state index in [1.807, 2.05) is 12.1 Å². The summed E-state index contributed by atoms with van der Waals surface area (Å²) in [6.07, 6.45) is 0. The summed E-state index contributed by atoms with van der Waals surface area (Å²) in [7, 11) is 0. The molecule has 0 aliphatic carbocycles. The second-order valence-corrected chi connectivity index (χ2v) is 4.23. The van der Waals surface area contributed by atoms with Gasteiger partial charge in [-0.1, -0.05) is 28.1 Å². The fraction of sp³-hybridized carbons (Fsp3) is 0.400. The van der Waals surface area contributed by atoms with Crippen molar-refractivity contribution in [2.24, 2.45) is 0 Å². The normalized spacial score (nSPS) is 27.8. The van der Waals surface area contributed by atoms with Gasteiger partial charge in [-0.15, -0.1) is 0 Å². The zero-order chi connectivity index (χ0) is 9.31. The standard InChI is InChI=1S/C10H12BrNO/c1-10(12-6-7-13-10)8-2-4-9(11)5-3-8/h2-5,12H,6-7H2,1H3. The van der Waals surface area contributed by atoms with Crippen LogP contribution in [0, 0.1) is 0 Å². The topological polar surface area (TPSA) is 21.3 Å². The predicted octanol–water partition coefficient (Wildman–Crippen LogP) is 2.24. The quantitative estimate of drug-likeness (QED) is 0.815. The van der Waals surface area contributed by atoms with Gasteiger partial charge < -0.3 is 4.74 Å². The van der Waals surface area contributed by atoms with Gasteiger partial charge in [0.1, 0.15) is 5.72 Å². The summed E-state index contributed by atoms with van der Waals surface area (Å²) in [4.78, 5) is 0. The Morgan fingerprint density at radius 2 is 2.08 bits per heavy atom. The van der Waals surface area contributed by atoms with Crippen molar-refractivity contribution in [1.29, 1.82) is 0 Å². The van der Waals surface area contributed by atoms with Gasteiger partial charge in [-0.2, -0.15) is 0 Å². The molecule has 1 saturated heterocycles. The number of nitrogens with one attached hydrogen (secondary N) is 1. The Kier molecular flexibility index (Phi) is 2.41. The molecule has 0 aromatic heterocycles. The van der Waals surface area contributed by atoms with Gasteiger partial charge in [0.25, 0.3) is 0 Å². The molecule has 1 aliphatic rings. The Balaban J connectivity index is 2.29. The molecular formula is C10H12BrNO. The van der Waals surface area contributed by atoms with E-state index in [4.69, 9.17) is 4.74 Å². The molecule has 0 spiro atoms. The molecule has 1 aromatic carbocycles. The van der Waals surface area contributed by atoms with Crippen LogP contribution < -0.4 is 5.32 Å². The minimum absolute atomic E-state index is 0.291. The minimum atomic E-state index is -0.291. The summed E-state index contributed by atoms with van der Waals surface area (Å²) in [5.74, 6) is 0. The van der Waals surface area contributed by atoms with E-state index < -0.39 is 0 Å². The van der Waals surface area contributed by atoms with Crippen molar-refractivity contribution >= 4 is 15.9 Å². The van der Waals surface area contributed by atoms with Gasteiger partial charge in [-0.25, -0.2) is 0 Å². The van der Waals surface area contributed by atoms with Crippen molar-refractivity contribution in [3.8, 4) is 0 Å². The van der Waals surface area contributed by atoms with Gasteiger partial charge in [-0.3, -0.25) is 5.32 Å². The maximum Gasteiger partial charge on any atom is 0.142 e. The third-order valence-electron chi connectivity index (χ3n) is 2.35. The summed E-state index contributed by atoms with van der Waals surface area (Å²) in [6.45, 7) is 3.77. The van der Waals surface area contributed by atoms with Crippen molar-refractivity contribution in [2.45, 2.75) is 12.6 Å². The van der Waals surface area contributed by atoms with Gasteiger partial charge >= 0.3 is 0 Å². The molecule has 13 heavy (non-hydrogen) atoms. The number of hydrogen-bond acceptors (Lipinski definition) is 2. The fourth-order valence-electron chi connectivity index (χ4n) is 1.55. The predicted molar refractivity (Wildman–Crippen MR) is 55.4 cm³/mol. The molecule has 3 heteroatoms. The van der Waals surface area contributed by atoms with Crippen LogP contribution in [0.2, 0.25) is 0 Å². The lowest BCUT2D eigenvalue weighted by atomic mass is 10.1. The molecule has 1 fully saturated rings.